The van der Waals surface area contributed by atoms with Crippen LogP contribution in [0.4, 0.5) is 22.7 Å². The van der Waals surface area contributed by atoms with Crippen molar-refractivity contribution < 1.29 is 22.6 Å². The predicted molar refractivity (Wildman–Crippen MR) is 211 cm³/mol. The molecule has 4 heterocycles. The first kappa shape index (κ1) is 20.7. The largest absolute Gasteiger partial charge is 0.503 e. The molecule has 0 amide bonds. The van der Waals surface area contributed by atoms with Gasteiger partial charge in [-0.2, -0.15) is 0 Å². The summed E-state index contributed by atoms with van der Waals surface area (Å²) in [5, 5.41) is 2.00. The number of aryl methyl sites for hydroxylation is 2. The predicted octanol–water partition coefficient (Wildman–Crippen LogP) is 11.4. The van der Waals surface area contributed by atoms with Crippen LogP contribution in [0, 0.1) is 13.8 Å². The van der Waals surface area contributed by atoms with Crippen molar-refractivity contribution in [1.29, 1.82) is 0 Å². The standard InChI is InChI=1S/C45H43N5O/c1-29-24-38-37-21-20-36(27-41(37)50(43(38)30(2)47-29)42-25-32(22-23-46-42)45(6,7)8)51-35-13-11-12-34(26-35)49-28-48(39-14-9-10-15-40(39)49)33-18-16-31(17-19-33)44(3,4)5/h9-27H,1-8H3/q+2/i3D3,4D3,5D3,9D,10D,14D,15D. The molecule has 1 aliphatic rings. The van der Waals surface area contributed by atoms with Crippen molar-refractivity contribution in [3.05, 3.63) is 138 Å². The third kappa shape index (κ3) is 5.82. The molecule has 0 unspecified atom stereocenters. The van der Waals surface area contributed by atoms with E-state index in [-0.39, 0.29) is 28.5 Å². The molecule has 6 nitrogen and oxygen atoms in total. The monoisotopic (exact) mass is 682 g/mol. The molecule has 0 atom stereocenters. The van der Waals surface area contributed by atoms with Gasteiger partial charge in [0.15, 0.2) is 0 Å². The molecule has 51 heavy (non-hydrogen) atoms. The van der Waals surface area contributed by atoms with E-state index in [9.17, 15) is 0 Å². The first-order chi connectivity index (χ1) is 29.8. The van der Waals surface area contributed by atoms with Crippen molar-refractivity contribution in [3.8, 4) is 17.3 Å². The smallest absolute Gasteiger partial charge is 0.457 e. The van der Waals surface area contributed by atoms with Gasteiger partial charge in [-0.05, 0) is 81.4 Å². The number of ether oxygens (including phenoxy) is 1. The van der Waals surface area contributed by atoms with Crippen molar-refractivity contribution >= 4 is 50.6 Å². The zero-order chi connectivity index (χ0) is 46.6. The fraction of sp³-hybridized carbons (Fsp3) is 0.222. The van der Waals surface area contributed by atoms with Gasteiger partial charge in [0, 0.05) is 71.4 Å². The van der Waals surface area contributed by atoms with Crippen LogP contribution < -0.4 is 13.9 Å². The average molecular weight is 683 g/mol. The molecule has 0 N–H and O–H groups in total. The SMILES string of the molecule is [2H]c1c([2H])c([2H])c2c(c1[2H])[N+](c1ccc(C(C([2H])([2H])[2H])(C([2H])([2H])[2H])C([2H])([2H])[2H])cc1)=C=[N+]2c1cccc(Oc2ccc3c4cc(C)nc(C)c4n(-c4cc(C(C)(C)C)ccn4)c3c2)c1. The highest BCUT2D eigenvalue weighted by atomic mass is 16.5. The van der Waals surface area contributed by atoms with Gasteiger partial charge in [0.1, 0.15) is 17.3 Å². The number of hydrogen-bond donors (Lipinski definition) is 0. The summed E-state index contributed by atoms with van der Waals surface area (Å²) in [6, 6.07) is 25.0. The average Bonchev–Trinajstić information content (AvgIpc) is 3.75. The Morgan fingerprint density at radius 2 is 1.47 bits per heavy atom. The van der Waals surface area contributed by atoms with Crippen LogP contribution in [0.15, 0.2) is 115 Å². The lowest BCUT2D eigenvalue weighted by Gasteiger charge is -2.20. The molecule has 8 rings (SSSR count). The summed E-state index contributed by atoms with van der Waals surface area (Å²) in [7, 11) is 0. The van der Waals surface area contributed by atoms with E-state index in [2.05, 4.69) is 43.5 Å². The molecular weight excluding hydrogens is 627 g/mol. The van der Waals surface area contributed by atoms with E-state index < -0.39 is 49.7 Å². The van der Waals surface area contributed by atoms with Gasteiger partial charge >= 0.3 is 6.01 Å². The molecule has 0 spiro atoms. The Hall–Kier alpha value is -5.84. The van der Waals surface area contributed by atoms with E-state index >= 15 is 0 Å². The zero-order valence-corrected chi connectivity index (χ0v) is 28.8. The van der Waals surface area contributed by atoms with E-state index in [1.165, 1.54) is 21.3 Å². The van der Waals surface area contributed by atoms with Crippen LogP contribution in [0.25, 0.3) is 27.6 Å². The quantitative estimate of drug-likeness (QED) is 0.170. The summed E-state index contributed by atoms with van der Waals surface area (Å²) in [6.07, 6.45) is 1.81. The molecule has 0 saturated heterocycles. The molecule has 252 valence electrons. The van der Waals surface area contributed by atoms with Crippen LogP contribution in [0.3, 0.4) is 0 Å². The number of aromatic nitrogens is 3. The summed E-state index contributed by atoms with van der Waals surface area (Å²) in [6.45, 7) is -0.0207. The third-order valence-electron chi connectivity index (χ3n) is 9.03. The molecule has 6 heteroatoms. The van der Waals surface area contributed by atoms with Gasteiger partial charge in [-0.1, -0.05) is 71.6 Å². The number of pyridine rings is 2. The van der Waals surface area contributed by atoms with Crippen LogP contribution in [0.5, 0.6) is 11.5 Å². The number of benzene rings is 4. The summed E-state index contributed by atoms with van der Waals surface area (Å²) in [5.74, 6) is 1.63. The number of para-hydroxylation sites is 2. The Balaban J connectivity index is 1.26. The topological polar surface area (TPSA) is 46.0 Å². The van der Waals surface area contributed by atoms with Crippen LogP contribution >= 0.6 is 0 Å². The lowest BCUT2D eigenvalue weighted by atomic mass is 9.87. The molecular formula is C45H43N5O+2. The van der Waals surface area contributed by atoms with E-state index in [1.54, 1.807) is 24.3 Å². The highest BCUT2D eigenvalue weighted by Gasteiger charge is 2.36. The summed E-state index contributed by atoms with van der Waals surface area (Å²) >= 11 is 0. The molecule has 0 saturated carbocycles. The van der Waals surface area contributed by atoms with Crippen molar-refractivity contribution in [3.63, 3.8) is 0 Å². The summed E-state index contributed by atoms with van der Waals surface area (Å²) < 4.78 is 120. The van der Waals surface area contributed by atoms with E-state index in [0.717, 1.165) is 56.7 Å². The van der Waals surface area contributed by atoms with Crippen LogP contribution in [0.2, 0.25) is 0 Å². The van der Waals surface area contributed by atoms with Crippen molar-refractivity contribution in [2.24, 2.45) is 0 Å². The van der Waals surface area contributed by atoms with Gasteiger partial charge in [-0.25, -0.2) is 4.98 Å². The van der Waals surface area contributed by atoms with Crippen molar-refractivity contribution in [2.75, 3.05) is 0 Å². The Morgan fingerprint density at radius 3 is 2.20 bits per heavy atom. The maximum Gasteiger partial charge on any atom is 0.503 e. The van der Waals surface area contributed by atoms with Gasteiger partial charge < -0.3 is 4.74 Å². The first-order valence-electron chi connectivity index (χ1n) is 23.0. The summed E-state index contributed by atoms with van der Waals surface area (Å²) in [4.78, 5) is 9.59. The van der Waals surface area contributed by atoms with Gasteiger partial charge in [0.05, 0.1) is 28.3 Å². The van der Waals surface area contributed by atoms with Gasteiger partial charge in [-0.15, -0.1) is 0 Å². The van der Waals surface area contributed by atoms with Gasteiger partial charge in [-0.3, -0.25) is 9.55 Å². The highest BCUT2D eigenvalue weighted by Crippen LogP contribution is 2.39. The number of hydrogen-bond acceptors (Lipinski definition) is 3. The fourth-order valence-electron chi connectivity index (χ4n) is 6.54. The minimum Gasteiger partial charge on any atom is -0.457 e. The third-order valence-corrected chi connectivity index (χ3v) is 9.03. The molecule has 3 aromatic heterocycles. The highest BCUT2D eigenvalue weighted by molar-refractivity contribution is 6.10. The van der Waals surface area contributed by atoms with Crippen molar-refractivity contribution in [1.82, 2.24) is 23.7 Å². The second-order valence-electron chi connectivity index (χ2n) is 13.8. The van der Waals surface area contributed by atoms with Crippen molar-refractivity contribution in [2.45, 2.75) is 66.0 Å². The maximum atomic E-state index is 8.96. The maximum absolute atomic E-state index is 8.96. The number of fused-ring (bicyclic) bond motifs is 4. The zero-order valence-electron chi connectivity index (χ0n) is 41.8. The van der Waals surface area contributed by atoms with Crippen LogP contribution in [-0.4, -0.2) is 20.5 Å². The lowest BCUT2D eigenvalue weighted by Crippen LogP contribution is -2.12. The Morgan fingerprint density at radius 1 is 0.745 bits per heavy atom. The molecule has 0 aliphatic carbocycles. The Kier molecular flexibility index (Phi) is 4.84. The Bertz CT molecular complexity index is 3100. The van der Waals surface area contributed by atoms with E-state index in [4.69, 9.17) is 32.5 Å². The first-order valence-corrected chi connectivity index (χ1v) is 16.5. The summed E-state index contributed by atoms with van der Waals surface area (Å²) in [5.41, 5.74) is 1.43. The second-order valence-corrected chi connectivity index (χ2v) is 13.8. The molecule has 7 aromatic rings. The van der Waals surface area contributed by atoms with E-state index in [1.807, 2.05) is 44.3 Å². The van der Waals surface area contributed by atoms with Crippen LogP contribution in [0.1, 0.15) is 81.7 Å². The normalized spacial score (nSPS) is 17.5. The Labute approximate surface area is 317 Å². The number of rotatable bonds is 5. The van der Waals surface area contributed by atoms with Gasteiger partial charge in [0.2, 0.25) is 11.4 Å². The van der Waals surface area contributed by atoms with E-state index in [0.29, 0.717) is 17.2 Å². The van der Waals surface area contributed by atoms with Crippen LogP contribution in [-0.2, 0) is 10.8 Å². The molecule has 4 aromatic carbocycles. The second kappa shape index (κ2) is 11.9. The minimum atomic E-state index is -3.47. The van der Waals surface area contributed by atoms with Gasteiger partial charge in [0.25, 0.3) is 11.4 Å². The minimum absolute atomic E-state index is 0.00115. The molecule has 0 bridgehead atoms. The molecule has 0 radical (unpaired) electrons. The molecule has 0 fully saturated rings. The lowest BCUT2D eigenvalue weighted by molar-refractivity contribution is 0.483. The molecule has 1 aliphatic heterocycles. The number of nitrogens with zero attached hydrogens (tertiary/aromatic N) is 5. The fourth-order valence-corrected chi connectivity index (χ4v) is 6.54.